The van der Waals surface area contributed by atoms with Crippen LogP contribution in [0.25, 0.3) is 0 Å². The second-order valence-corrected chi connectivity index (χ2v) is 4.79. The van der Waals surface area contributed by atoms with Gasteiger partial charge >= 0.3 is 6.09 Å². The summed E-state index contributed by atoms with van der Waals surface area (Å²) in [5, 5.41) is 2.79. The lowest BCUT2D eigenvalue weighted by Gasteiger charge is -2.18. The number of thiocarbonyl (C=S) groups is 1. The van der Waals surface area contributed by atoms with Crippen molar-refractivity contribution in [3.63, 3.8) is 0 Å². The number of amides is 1. The van der Waals surface area contributed by atoms with E-state index < -0.39 is 6.09 Å². The molecule has 0 radical (unpaired) electrons. The molecule has 0 aliphatic rings. The zero-order valence-corrected chi connectivity index (χ0v) is 11.9. The number of hydrogen-bond donors (Lipinski definition) is 2. The summed E-state index contributed by atoms with van der Waals surface area (Å²) < 4.78 is 5.08. The number of nitrogens with two attached hydrogens (primary N) is 1. The predicted octanol–water partition coefficient (Wildman–Crippen LogP) is 2.93. The Balaban J connectivity index is 2.60. The van der Waals surface area contributed by atoms with Crippen molar-refractivity contribution in [2.45, 2.75) is 32.2 Å². The molecule has 4 nitrogen and oxygen atoms in total. The summed E-state index contributed by atoms with van der Waals surface area (Å²) in [6.07, 6.45) is 1.84. The van der Waals surface area contributed by atoms with Gasteiger partial charge in [-0.15, -0.1) is 0 Å². The van der Waals surface area contributed by atoms with Crippen molar-refractivity contribution >= 4 is 23.3 Å². The third-order valence-electron chi connectivity index (χ3n) is 2.63. The molecule has 19 heavy (non-hydrogen) atoms. The Bertz CT molecular complexity index is 409. The fourth-order valence-electron chi connectivity index (χ4n) is 1.63. The van der Waals surface area contributed by atoms with E-state index >= 15 is 0 Å². The molecule has 1 amide bonds. The monoisotopic (exact) mass is 280 g/mol. The lowest BCUT2D eigenvalue weighted by atomic mass is 10.0. The molecular formula is C14H20N2O2S. The molecule has 0 saturated heterocycles. The minimum atomic E-state index is -0.432. The number of ether oxygens (including phenoxy) is 1. The molecular weight excluding hydrogens is 260 g/mol. The van der Waals surface area contributed by atoms with Gasteiger partial charge in [-0.05, 0) is 12.0 Å². The van der Waals surface area contributed by atoms with Gasteiger partial charge in [-0.3, -0.25) is 0 Å². The summed E-state index contributed by atoms with van der Waals surface area (Å²) in [6, 6.07) is 9.34. The van der Waals surface area contributed by atoms with Crippen LogP contribution in [0, 0.1) is 0 Å². The first kappa shape index (κ1) is 15.4. The van der Waals surface area contributed by atoms with E-state index in [-0.39, 0.29) is 6.04 Å². The molecule has 0 aromatic heterocycles. The quantitative estimate of drug-likeness (QED) is 0.595. The molecule has 3 N–H and O–H groups in total. The van der Waals surface area contributed by atoms with Gasteiger partial charge in [0, 0.05) is 6.42 Å². The highest BCUT2D eigenvalue weighted by molar-refractivity contribution is 7.80. The lowest BCUT2D eigenvalue weighted by molar-refractivity contribution is 0.141. The first-order valence-electron chi connectivity index (χ1n) is 6.40. The van der Waals surface area contributed by atoms with E-state index in [9.17, 15) is 4.79 Å². The minimum Gasteiger partial charge on any atom is -0.450 e. The Kier molecular flexibility index (Phi) is 6.89. The number of alkyl carbamates (subject to hydrolysis) is 1. The van der Waals surface area contributed by atoms with Gasteiger partial charge in [-0.2, -0.15) is 0 Å². The van der Waals surface area contributed by atoms with E-state index in [0.717, 1.165) is 18.4 Å². The maximum absolute atomic E-state index is 11.7. The first-order chi connectivity index (χ1) is 9.13. The third-order valence-corrected chi connectivity index (χ3v) is 2.80. The molecule has 1 aromatic carbocycles. The zero-order valence-electron chi connectivity index (χ0n) is 11.1. The van der Waals surface area contributed by atoms with Crippen molar-refractivity contribution in [2.24, 2.45) is 5.73 Å². The summed E-state index contributed by atoms with van der Waals surface area (Å²) in [7, 11) is 0. The Hall–Kier alpha value is -1.62. The predicted molar refractivity (Wildman–Crippen MR) is 80.0 cm³/mol. The highest BCUT2D eigenvalue weighted by Crippen LogP contribution is 2.16. The van der Waals surface area contributed by atoms with E-state index in [4.69, 9.17) is 22.7 Å². The van der Waals surface area contributed by atoms with Gasteiger partial charge in [0.15, 0.2) is 0 Å². The van der Waals surface area contributed by atoms with Crippen molar-refractivity contribution in [1.29, 1.82) is 0 Å². The Morgan fingerprint density at radius 3 is 2.68 bits per heavy atom. The highest BCUT2D eigenvalue weighted by Gasteiger charge is 2.16. The minimum absolute atomic E-state index is 0.243. The summed E-state index contributed by atoms with van der Waals surface area (Å²) >= 11 is 4.92. The van der Waals surface area contributed by atoms with E-state index in [0.29, 0.717) is 18.0 Å². The summed E-state index contributed by atoms with van der Waals surface area (Å²) in [4.78, 5) is 12.0. The van der Waals surface area contributed by atoms with Crippen LogP contribution in [-0.2, 0) is 4.74 Å². The lowest BCUT2D eigenvalue weighted by Crippen LogP contribution is -2.32. The number of hydrogen-bond acceptors (Lipinski definition) is 3. The molecule has 0 spiro atoms. The van der Waals surface area contributed by atoms with Crippen LogP contribution < -0.4 is 11.1 Å². The zero-order chi connectivity index (χ0) is 14.1. The van der Waals surface area contributed by atoms with Gasteiger partial charge in [0.05, 0.1) is 17.6 Å². The van der Waals surface area contributed by atoms with Gasteiger partial charge in [-0.1, -0.05) is 55.9 Å². The largest absolute Gasteiger partial charge is 0.450 e. The molecule has 0 aliphatic heterocycles. The molecule has 0 bridgehead atoms. The molecule has 1 rings (SSSR count). The molecule has 104 valence electrons. The second-order valence-electron chi connectivity index (χ2n) is 4.27. The Labute approximate surface area is 119 Å². The highest BCUT2D eigenvalue weighted by atomic mass is 32.1. The maximum atomic E-state index is 11.7. The molecule has 1 atom stereocenters. The average molecular weight is 280 g/mol. The van der Waals surface area contributed by atoms with E-state index in [1.165, 1.54) is 0 Å². The normalized spacial score (nSPS) is 11.6. The Morgan fingerprint density at radius 1 is 1.42 bits per heavy atom. The van der Waals surface area contributed by atoms with Crippen molar-refractivity contribution in [3.8, 4) is 0 Å². The van der Waals surface area contributed by atoms with Crippen LogP contribution in [0.4, 0.5) is 4.79 Å². The second kappa shape index (κ2) is 8.48. The number of nitrogens with one attached hydrogen (secondary N) is 1. The maximum Gasteiger partial charge on any atom is 0.407 e. The van der Waals surface area contributed by atoms with Gasteiger partial charge in [-0.25, -0.2) is 4.79 Å². The smallest absolute Gasteiger partial charge is 0.407 e. The molecule has 1 aromatic rings. The molecule has 0 aliphatic carbocycles. The van der Waals surface area contributed by atoms with Gasteiger partial charge in [0.2, 0.25) is 0 Å². The van der Waals surface area contributed by atoms with Crippen LogP contribution in [0.2, 0.25) is 0 Å². The van der Waals surface area contributed by atoms with Crippen LogP contribution in [0.15, 0.2) is 30.3 Å². The topological polar surface area (TPSA) is 64.3 Å². The molecule has 0 fully saturated rings. The average Bonchev–Trinajstić information content (AvgIpc) is 2.39. The first-order valence-corrected chi connectivity index (χ1v) is 6.80. The van der Waals surface area contributed by atoms with Crippen molar-refractivity contribution in [1.82, 2.24) is 5.32 Å². The van der Waals surface area contributed by atoms with Crippen molar-refractivity contribution in [3.05, 3.63) is 35.9 Å². The molecule has 1 unspecified atom stereocenters. The molecule has 0 heterocycles. The fourth-order valence-corrected chi connectivity index (χ4v) is 1.80. The number of carbonyl (C=O) groups excluding carboxylic acids is 1. The van der Waals surface area contributed by atoms with Crippen molar-refractivity contribution in [2.75, 3.05) is 6.61 Å². The summed E-state index contributed by atoms with van der Waals surface area (Å²) in [5.41, 5.74) is 6.53. The van der Waals surface area contributed by atoms with Gasteiger partial charge in [0.1, 0.15) is 0 Å². The van der Waals surface area contributed by atoms with Gasteiger partial charge < -0.3 is 15.8 Å². The Morgan fingerprint density at radius 2 is 2.11 bits per heavy atom. The van der Waals surface area contributed by atoms with E-state index in [1.807, 2.05) is 37.3 Å². The van der Waals surface area contributed by atoms with E-state index in [1.54, 1.807) is 0 Å². The van der Waals surface area contributed by atoms with E-state index in [2.05, 4.69) is 5.32 Å². The van der Waals surface area contributed by atoms with Gasteiger partial charge in [0.25, 0.3) is 0 Å². The van der Waals surface area contributed by atoms with Crippen molar-refractivity contribution < 1.29 is 9.53 Å². The third kappa shape index (κ3) is 6.20. The number of benzene rings is 1. The number of carbonyl (C=O) groups is 1. The van der Waals surface area contributed by atoms with Crippen LogP contribution in [-0.4, -0.2) is 17.7 Å². The number of rotatable bonds is 7. The summed E-state index contributed by atoms with van der Waals surface area (Å²) in [6.45, 7) is 2.47. The molecule has 5 heteroatoms. The number of unbranched alkanes of at least 4 members (excludes halogenated alkanes) is 1. The van der Waals surface area contributed by atoms with Crippen LogP contribution in [0.3, 0.4) is 0 Å². The van der Waals surface area contributed by atoms with Crippen LogP contribution in [0.1, 0.15) is 37.8 Å². The fraction of sp³-hybridized carbons (Fsp3) is 0.429. The van der Waals surface area contributed by atoms with Crippen LogP contribution in [0.5, 0.6) is 0 Å². The van der Waals surface area contributed by atoms with Crippen LogP contribution >= 0.6 is 12.2 Å². The summed E-state index contributed by atoms with van der Waals surface area (Å²) in [5.74, 6) is 0. The molecule has 0 saturated carbocycles. The standard InChI is InChI=1S/C14H20N2O2S/c1-2-3-9-18-14(17)16-12(10-13(15)19)11-7-5-4-6-8-11/h4-8,12H,2-3,9-10H2,1H3,(H2,15,19)(H,16,17). The SMILES string of the molecule is CCCCOC(=O)NC(CC(N)=S)c1ccccc1.